The number of nitrogens with zero attached hydrogens (tertiary/aromatic N) is 4. The first-order valence-electron chi connectivity index (χ1n) is 5.91. The third kappa shape index (κ3) is 2.31. The van der Waals surface area contributed by atoms with Gasteiger partial charge in [-0.25, -0.2) is 19.2 Å². The van der Waals surface area contributed by atoms with E-state index in [0.717, 1.165) is 6.07 Å². The molecule has 0 radical (unpaired) electrons. The average molecular weight is 264 g/mol. The minimum atomic E-state index is -1.34. The molecular weight excluding hydrogens is 251 g/mol. The van der Waals surface area contributed by atoms with Gasteiger partial charge in [0, 0.05) is 19.0 Å². The number of hydrogen-bond donors (Lipinski definition) is 1. The summed E-state index contributed by atoms with van der Waals surface area (Å²) >= 11 is 0. The van der Waals surface area contributed by atoms with E-state index < -0.39 is 17.3 Å². The van der Waals surface area contributed by atoms with Gasteiger partial charge in [-0.1, -0.05) is 13.8 Å². The average Bonchev–Trinajstić information content (AvgIpc) is 2.81. The van der Waals surface area contributed by atoms with Crippen LogP contribution in [0.3, 0.4) is 0 Å². The second kappa shape index (κ2) is 5.13. The van der Waals surface area contributed by atoms with Crippen molar-refractivity contribution in [2.24, 2.45) is 0 Å². The molecule has 1 N–H and O–H groups in total. The van der Waals surface area contributed by atoms with E-state index in [1.165, 1.54) is 10.9 Å². The van der Waals surface area contributed by atoms with E-state index in [2.05, 4.69) is 15.1 Å². The first-order valence-corrected chi connectivity index (χ1v) is 5.91. The van der Waals surface area contributed by atoms with Crippen molar-refractivity contribution < 1.29 is 14.3 Å². The zero-order valence-electron chi connectivity index (χ0n) is 10.6. The molecule has 0 aliphatic carbocycles. The lowest BCUT2D eigenvalue weighted by molar-refractivity contribution is 0.0691. The molecule has 6 nitrogen and oxygen atoms in total. The fourth-order valence-corrected chi connectivity index (χ4v) is 1.69. The molecule has 0 atom stereocenters. The number of carboxylic acids is 1. The largest absolute Gasteiger partial charge is 0.478 e. The topological polar surface area (TPSA) is 80.9 Å². The van der Waals surface area contributed by atoms with Gasteiger partial charge >= 0.3 is 5.97 Å². The molecule has 0 aliphatic rings. The van der Waals surface area contributed by atoms with Crippen LogP contribution in [0.15, 0.2) is 12.3 Å². The highest BCUT2D eigenvalue weighted by molar-refractivity contribution is 5.88. The molecule has 19 heavy (non-hydrogen) atoms. The number of halogens is 1. The van der Waals surface area contributed by atoms with Crippen LogP contribution in [0.25, 0.3) is 5.82 Å². The van der Waals surface area contributed by atoms with Crippen LogP contribution in [0.4, 0.5) is 4.39 Å². The first kappa shape index (κ1) is 13.1. The maximum absolute atomic E-state index is 14.1. The smallest absolute Gasteiger partial charge is 0.338 e. The Bertz CT molecular complexity index is 624. The second-order valence-electron chi connectivity index (χ2n) is 3.86. The summed E-state index contributed by atoms with van der Waals surface area (Å²) in [6.45, 7) is 3.75. The third-order valence-corrected chi connectivity index (χ3v) is 2.65. The number of aryl methyl sites for hydroxylation is 2. The molecule has 100 valence electrons. The molecule has 0 aliphatic heterocycles. The number of pyridine rings is 1. The standard InChI is InChI=1S/C12H13FN4O2/c1-3-8-15-9(4-2)17(16-8)11-10(13)7(12(18)19)5-6-14-11/h5-6H,3-4H2,1-2H3,(H,18,19). The number of hydrogen-bond acceptors (Lipinski definition) is 4. The predicted octanol–water partition coefficient (Wildman–Crippen LogP) is 1.62. The van der Waals surface area contributed by atoms with Crippen LogP contribution in [0.2, 0.25) is 0 Å². The minimum absolute atomic E-state index is 0.135. The van der Waals surface area contributed by atoms with Gasteiger partial charge in [0.2, 0.25) is 0 Å². The molecule has 0 unspecified atom stereocenters. The van der Waals surface area contributed by atoms with Crippen LogP contribution in [0, 0.1) is 5.82 Å². The Kier molecular flexibility index (Phi) is 3.55. The van der Waals surface area contributed by atoms with Gasteiger partial charge < -0.3 is 5.11 Å². The maximum atomic E-state index is 14.1. The molecule has 0 saturated carbocycles. The van der Waals surface area contributed by atoms with Crippen molar-refractivity contribution in [1.82, 2.24) is 19.7 Å². The van der Waals surface area contributed by atoms with Crippen molar-refractivity contribution in [2.45, 2.75) is 26.7 Å². The first-order chi connectivity index (χ1) is 9.08. The summed E-state index contributed by atoms with van der Waals surface area (Å²) in [5.41, 5.74) is -0.430. The Hall–Kier alpha value is -2.31. The van der Waals surface area contributed by atoms with Crippen molar-refractivity contribution in [1.29, 1.82) is 0 Å². The number of carboxylic acid groups (broad SMARTS) is 1. The molecule has 2 aromatic rings. The Balaban J connectivity index is 2.61. The van der Waals surface area contributed by atoms with E-state index in [-0.39, 0.29) is 5.82 Å². The summed E-state index contributed by atoms with van der Waals surface area (Å²) in [4.78, 5) is 19.0. The summed E-state index contributed by atoms with van der Waals surface area (Å²) in [6, 6.07) is 1.12. The molecule has 0 fully saturated rings. The van der Waals surface area contributed by atoms with Gasteiger partial charge in [-0.05, 0) is 6.07 Å². The van der Waals surface area contributed by atoms with Crippen molar-refractivity contribution >= 4 is 5.97 Å². The van der Waals surface area contributed by atoms with E-state index in [1.807, 2.05) is 13.8 Å². The molecule has 2 aromatic heterocycles. The fourth-order valence-electron chi connectivity index (χ4n) is 1.69. The second-order valence-corrected chi connectivity index (χ2v) is 3.86. The highest BCUT2D eigenvalue weighted by atomic mass is 19.1. The lowest BCUT2D eigenvalue weighted by Gasteiger charge is -2.06. The van der Waals surface area contributed by atoms with Crippen LogP contribution in [0.5, 0.6) is 0 Å². The van der Waals surface area contributed by atoms with E-state index in [9.17, 15) is 9.18 Å². The number of aromatic carboxylic acids is 1. The van der Waals surface area contributed by atoms with Gasteiger partial charge in [-0.2, -0.15) is 4.68 Å². The minimum Gasteiger partial charge on any atom is -0.478 e. The zero-order valence-corrected chi connectivity index (χ0v) is 10.6. The Morgan fingerprint density at radius 2 is 2.16 bits per heavy atom. The third-order valence-electron chi connectivity index (χ3n) is 2.65. The van der Waals surface area contributed by atoms with Gasteiger partial charge in [-0.15, -0.1) is 5.10 Å². The van der Waals surface area contributed by atoms with Crippen molar-refractivity contribution in [3.63, 3.8) is 0 Å². The predicted molar refractivity (Wildman–Crippen MR) is 64.8 cm³/mol. The normalized spacial score (nSPS) is 10.7. The lowest BCUT2D eigenvalue weighted by atomic mass is 10.2. The van der Waals surface area contributed by atoms with Crippen LogP contribution >= 0.6 is 0 Å². The number of aromatic nitrogens is 4. The van der Waals surface area contributed by atoms with Crippen molar-refractivity contribution in [3.05, 3.63) is 35.3 Å². The van der Waals surface area contributed by atoms with E-state index in [1.54, 1.807) is 0 Å². The molecule has 0 saturated heterocycles. The summed E-state index contributed by atoms with van der Waals surface area (Å²) < 4.78 is 15.4. The quantitative estimate of drug-likeness (QED) is 0.907. The van der Waals surface area contributed by atoms with Gasteiger partial charge in [0.1, 0.15) is 11.4 Å². The van der Waals surface area contributed by atoms with Crippen LogP contribution < -0.4 is 0 Å². The summed E-state index contributed by atoms with van der Waals surface area (Å²) in [6.07, 6.45) is 2.40. The Morgan fingerprint density at radius 1 is 1.42 bits per heavy atom. The molecule has 2 rings (SSSR count). The van der Waals surface area contributed by atoms with Crippen molar-refractivity contribution in [3.8, 4) is 5.82 Å². The van der Waals surface area contributed by atoms with Gasteiger partial charge in [0.25, 0.3) is 0 Å². The number of rotatable bonds is 4. The molecular formula is C12H13FN4O2. The lowest BCUT2D eigenvalue weighted by Crippen LogP contribution is -2.11. The van der Waals surface area contributed by atoms with Crippen LogP contribution in [-0.4, -0.2) is 30.8 Å². The summed E-state index contributed by atoms with van der Waals surface area (Å²) in [5, 5.41) is 13.0. The Labute approximate surface area is 108 Å². The van der Waals surface area contributed by atoms with Crippen molar-refractivity contribution in [2.75, 3.05) is 0 Å². The molecule has 0 amide bonds. The van der Waals surface area contributed by atoms with E-state index in [0.29, 0.717) is 24.5 Å². The Morgan fingerprint density at radius 3 is 2.74 bits per heavy atom. The van der Waals surface area contributed by atoms with E-state index >= 15 is 0 Å². The number of carbonyl (C=O) groups is 1. The molecule has 0 aromatic carbocycles. The summed E-state index contributed by atoms with van der Waals surface area (Å²) in [5.74, 6) is -1.26. The van der Waals surface area contributed by atoms with E-state index in [4.69, 9.17) is 5.11 Å². The van der Waals surface area contributed by atoms with Gasteiger partial charge in [0.15, 0.2) is 17.5 Å². The van der Waals surface area contributed by atoms with Gasteiger partial charge in [-0.3, -0.25) is 0 Å². The SMILES string of the molecule is CCc1nc(CC)n(-c2nccc(C(=O)O)c2F)n1. The molecule has 2 heterocycles. The van der Waals surface area contributed by atoms with Crippen LogP contribution in [0.1, 0.15) is 35.9 Å². The van der Waals surface area contributed by atoms with Gasteiger partial charge in [0.05, 0.1) is 0 Å². The maximum Gasteiger partial charge on any atom is 0.338 e. The highest BCUT2D eigenvalue weighted by Crippen LogP contribution is 2.16. The monoisotopic (exact) mass is 264 g/mol. The molecule has 0 spiro atoms. The fraction of sp³-hybridized carbons (Fsp3) is 0.333. The van der Waals surface area contributed by atoms with Crippen LogP contribution in [-0.2, 0) is 12.8 Å². The summed E-state index contributed by atoms with van der Waals surface area (Å²) in [7, 11) is 0. The molecule has 7 heteroatoms. The zero-order chi connectivity index (χ0) is 14.0. The molecule has 0 bridgehead atoms. The highest BCUT2D eigenvalue weighted by Gasteiger charge is 2.19.